The Morgan fingerprint density at radius 2 is 1.64 bits per heavy atom. The molecule has 33 heavy (non-hydrogen) atoms. The fourth-order valence-electron chi connectivity index (χ4n) is 3.04. The van der Waals surface area contributed by atoms with Crippen LogP contribution in [-0.2, 0) is 11.4 Å². The summed E-state index contributed by atoms with van der Waals surface area (Å²) in [4.78, 5) is 23.1. The van der Waals surface area contributed by atoms with Crippen molar-refractivity contribution in [1.82, 2.24) is 14.8 Å². The minimum atomic E-state index is -0.534. The minimum absolute atomic E-state index is 0.00341. The number of benzene rings is 3. The van der Waals surface area contributed by atoms with Crippen LogP contribution in [0, 0.1) is 10.1 Å². The van der Waals surface area contributed by atoms with E-state index in [0.717, 1.165) is 5.69 Å². The third-order valence-corrected chi connectivity index (χ3v) is 5.46. The van der Waals surface area contributed by atoms with E-state index in [1.54, 1.807) is 12.1 Å². The zero-order valence-electron chi connectivity index (χ0n) is 17.3. The largest absolute Gasteiger partial charge is 0.486 e. The number of aromatic nitrogens is 3. The molecule has 0 radical (unpaired) electrons. The molecule has 0 saturated carbocycles. The van der Waals surface area contributed by atoms with Gasteiger partial charge >= 0.3 is 0 Å². The van der Waals surface area contributed by atoms with Crippen LogP contribution in [0.4, 0.5) is 11.4 Å². The van der Waals surface area contributed by atoms with Crippen LogP contribution in [0.2, 0.25) is 0 Å². The molecule has 0 aliphatic heterocycles. The second-order valence-corrected chi connectivity index (χ2v) is 7.73. The van der Waals surface area contributed by atoms with Crippen molar-refractivity contribution in [2.75, 3.05) is 11.1 Å². The lowest BCUT2D eigenvalue weighted by molar-refractivity contribution is -0.383. The van der Waals surface area contributed by atoms with E-state index in [1.165, 1.54) is 23.9 Å². The highest BCUT2D eigenvalue weighted by molar-refractivity contribution is 7.99. The second-order valence-electron chi connectivity index (χ2n) is 6.78. The molecule has 0 aliphatic rings. The lowest BCUT2D eigenvalue weighted by Gasteiger charge is -2.11. The van der Waals surface area contributed by atoms with Crippen molar-refractivity contribution in [3.05, 3.63) is 101 Å². The van der Waals surface area contributed by atoms with Gasteiger partial charge < -0.3 is 10.1 Å². The van der Waals surface area contributed by atoms with Crippen LogP contribution in [0.3, 0.4) is 0 Å². The van der Waals surface area contributed by atoms with Gasteiger partial charge in [-0.2, -0.15) is 0 Å². The molecule has 1 N–H and O–H groups in total. The van der Waals surface area contributed by atoms with E-state index in [9.17, 15) is 14.9 Å². The molecule has 1 aromatic heterocycles. The maximum absolute atomic E-state index is 12.5. The van der Waals surface area contributed by atoms with Gasteiger partial charge in [-0.3, -0.25) is 19.5 Å². The van der Waals surface area contributed by atoms with Gasteiger partial charge in [0.1, 0.15) is 18.0 Å². The van der Waals surface area contributed by atoms with Gasteiger partial charge in [-0.1, -0.05) is 60.3 Å². The summed E-state index contributed by atoms with van der Waals surface area (Å²) in [6, 6.07) is 24.9. The number of amides is 1. The van der Waals surface area contributed by atoms with Gasteiger partial charge in [0.05, 0.1) is 10.7 Å². The third kappa shape index (κ3) is 5.55. The molecule has 0 bridgehead atoms. The first-order valence-electron chi connectivity index (χ1n) is 9.95. The molecule has 4 rings (SSSR count). The van der Waals surface area contributed by atoms with Crippen LogP contribution < -0.4 is 10.1 Å². The van der Waals surface area contributed by atoms with Crippen LogP contribution in [0.5, 0.6) is 5.75 Å². The van der Waals surface area contributed by atoms with Crippen molar-refractivity contribution in [1.29, 1.82) is 0 Å². The quantitative estimate of drug-likeness (QED) is 0.222. The van der Waals surface area contributed by atoms with E-state index < -0.39 is 4.92 Å². The van der Waals surface area contributed by atoms with Gasteiger partial charge in [0, 0.05) is 11.8 Å². The molecule has 0 unspecified atom stereocenters. The van der Waals surface area contributed by atoms with E-state index >= 15 is 0 Å². The Hall–Kier alpha value is -4.18. The Balaban J connectivity index is 1.50. The molecule has 10 heteroatoms. The van der Waals surface area contributed by atoms with Gasteiger partial charge in [0.25, 0.3) is 5.69 Å². The topological polar surface area (TPSA) is 112 Å². The van der Waals surface area contributed by atoms with Crippen molar-refractivity contribution >= 4 is 29.0 Å². The number of anilines is 1. The molecular weight excluding hydrogens is 442 g/mol. The predicted molar refractivity (Wildman–Crippen MR) is 125 cm³/mol. The molecule has 0 spiro atoms. The molecule has 0 aliphatic carbocycles. The zero-order valence-corrected chi connectivity index (χ0v) is 18.1. The number of para-hydroxylation sites is 4. The summed E-state index contributed by atoms with van der Waals surface area (Å²) in [5, 5.41) is 22.8. The maximum atomic E-state index is 12.5. The first-order valence-corrected chi connectivity index (χ1v) is 10.9. The summed E-state index contributed by atoms with van der Waals surface area (Å²) >= 11 is 1.18. The first-order chi connectivity index (χ1) is 16.1. The van der Waals surface area contributed by atoms with Crippen LogP contribution in [0.25, 0.3) is 5.69 Å². The van der Waals surface area contributed by atoms with Gasteiger partial charge in [0.2, 0.25) is 5.91 Å². The van der Waals surface area contributed by atoms with Crippen molar-refractivity contribution in [3.8, 4) is 11.4 Å². The lowest BCUT2D eigenvalue weighted by atomic mass is 10.2. The minimum Gasteiger partial charge on any atom is -0.486 e. The smallest absolute Gasteiger partial charge is 0.292 e. The summed E-state index contributed by atoms with van der Waals surface area (Å²) in [7, 11) is 0. The summed E-state index contributed by atoms with van der Waals surface area (Å²) < 4.78 is 7.66. The number of hydrogen-bond donors (Lipinski definition) is 1. The van der Waals surface area contributed by atoms with E-state index in [4.69, 9.17) is 4.74 Å². The molecule has 0 fully saturated rings. The first kappa shape index (κ1) is 22.0. The Bertz CT molecular complexity index is 1250. The summed E-state index contributed by atoms with van der Waals surface area (Å²) in [6.07, 6.45) is 0. The molecule has 3 aromatic carbocycles. The number of hydrogen-bond acceptors (Lipinski definition) is 7. The van der Waals surface area contributed by atoms with Crippen molar-refractivity contribution in [2.24, 2.45) is 0 Å². The fourth-order valence-corrected chi connectivity index (χ4v) is 3.81. The summed E-state index contributed by atoms with van der Waals surface area (Å²) in [6.45, 7) is 0.189. The maximum Gasteiger partial charge on any atom is 0.292 e. The van der Waals surface area contributed by atoms with E-state index in [1.807, 2.05) is 65.2 Å². The molecular formula is C23H19N5O4S. The highest BCUT2D eigenvalue weighted by Gasteiger charge is 2.18. The predicted octanol–water partition coefficient (Wildman–Crippen LogP) is 4.49. The summed E-state index contributed by atoms with van der Waals surface area (Å²) in [5.74, 6) is 0.889. The van der Waals surface area contributed by atoms with E-state index in [0.29, 0.717) is 16.7 Å². The molecule has 1 heterocycles. The number of carbonyl (C=O) groups excluding carboxylic acids is 1. The van der Waals surface area contributed by atoms with Crippen LogP contribution >= 0.6 is 11.8 Å². The molecule has 0 saturated heterocycles. The van der Waals surface area contributed by atoms with Crippen LogP contribution in [0.1, 0.15) is 5.82 Å². The fraction of sp³-hybridized carbons (Fsp3) is 0.0870. The number of nitrogens with zero attached hydrogens (tertiary/aromatic N) is 4. The molecule has 0 atom stereocenters. The lowest BCUT2D eigenvalue weighted by Crippen LogP contribution is -2.15. The Morgan fingerprint density at radius 1 is 0.970 bits per heavy atom. The average Bonchev–Trinajstić information content (AvgIpc) is 3.25. The molecule has 1 amide bonds. The normalized spacial score (nSPS) is 10.5. The Labute approximate surface area is 193 Å². The van der Waals surface area contributed by atoms with Crippen LogP contribution in [0.15, 0.2) is 90.1 Å². The summed E-state index contributed by atoms with van der Waals surface area (Å²) in [5.41, 5.74) is 0.814. The van der Waals surface area contributed by atoms with Crippen molar-refractivity contribution in [3.63, 3.8) is 0 Å². The zero-order chi connectivity index (χ0) is 23.0. The number of carbonyl (C=O) groups is 1. The van der Waals surface area contributed by atoms with E-state index in [2.05, 4.69) is 15.5 Å². The van der Waals surface area contributed by atoms with Crippen LogP contribution in [-0.4, -0.2) is 31.3 Å². The molecule has 9 nitrogen and oxygen atoms in total. The van der Waals surface area contributed by atoms with Gasteiger partial charge in [0.15, 0.2) is 11.0 Å². The highest BCUT2D eigenvalue weighted by atomic mass is 32.2. The third-order valence-electron chi connectivity index (χ3n) is 4.53. The molecule has 4 aromatic rings. The Kier molecular flexibility index (Phi) is 6.96. The standard InChI is InChI=1S/C23H19N5O4S/c29-22(24-19-13-7-8-14-20(19)28(30)31)16-33-23-26-25-21(15-32-18-11-5-2-6-12-18)27(23)17-9-3-1-4-10-17/h1-14H,15-16H2,(H,24,29). The van der Waals surface area contributed by atoms with Gasteiger partial charge in [-0.15, -0.1) is 10.2 Å². The number of ether oxygens (including phenoxy) is 1. The number of rotatable bonds is 9. The highest BCUT2D eigenvalue weighted by Crippen LogP contribution is 2.26. The van der Waals surface area contributed by atoms with E-state index in [-0.39, 0.29) is 29.6 Å². The molecule has 166 valence electrons. The number of nitrogens with one attached hydrogen (secondary N) is 1. The van der Waals surface area contributed by atoms with Crippen molar-refractivity contribution < 1.29 is 14.5 Å². The number of nitro benzene ring substituents is 1. The SMILES string of the molecule is O=C(CSc1nnc(COc2ccccc2)n1-c1ccccc1)Nc1ccccc1[N+](=O)[O-]. The van der Waals surface area contributed by atoms with Gasteiger partial charge in [-0.25, -0.2) is 0 Å². The second kappa shape index (κ2) is 10.4. The number of thioether (sulfide) groups is 1. The van der Waals surface area contributed by atoms with Gasteiger partial charge in [-0.05, 0) is 30.3 Å². The van der Waals surface area contributed by atoms with Crippen molar-refractivity contribution in [2.45, 2.75) is 11.8 Å². The Morgan fingerprint density at radius 3 is 2.36 bits per heavy atom. The average molecular weight is 462 g/mol. The number of nitro groups is 1. The monoisotopic (exact) mass is 461 g/mol.